The second kappa shape index (κ2) is 10.2. The molecule has 154 valence electrons. The van der Waals surface area contributed by atoms with E-state index >= 15 is 0 Å². The van der Waals surface area contributed by atoms with Crippen molar-refractivity contribution in [2.75, 3.05) is 39.9 Å². The molecule has 1 aliphatic carbocycles. The molecule has 1 amide bonds. The van der Waals surface area contributed by atoms with E-state index in [0.717, 1.165) is 44.2 Å². The van der Waals surface area contributed by atoms with Gasteiger partial charge in [0.2, 0.25) is 5.91 Å². The number of hydrogen-bond acceptors (Lipinski definition) is 4. The Morgan fingerprint density at radius 3 is 2.57 bits per heavy atom. The minimum absolute atomic E-state index is 0.0486. The Bertz CT molecular complexity index is 693. The SMILES string of the molecule is CCCOc1c(Cl)cc(/C=C/C(=O)N2CCN(C3CCCC3)CC2)cc1OC. The normalized spacial score (nSPS) is 18.8. The van der Waals surface area contributed by atoms with Crippen LogP contribution in [0.1, 0.15) is 44.6 Å². The molecule has 1 saturated heterocycles. The third-order valence-electron chi connectivity index (χ3n) is 5.59. The Morgan fingerprint density at radius 1 is 1.21 bits per heavy atom. The molecule has 1 aromatic carbocycles. The molecule has 6 heteroatoms. The van der Waals surface area contributed by atoms with E-state index < -0.39 is 0 Å². The van der Waals surface area contributed by atoms with Gasteiger partial charge < -0.3 is 14.4 Å². The summed E-state index contributed by atoms with van der Waals surface area (Å²) in [5.41, 5.74) is 0.823. The maximum atomic E-state index is 12.6. The Morgan fingerprint density at radius 2 is 1.93 bits per heavy atom. The molecule has 3 rings (SSSR count). The van der Waals surface area contributed by atoms with Crippen molar-refractivity contribution < 1.29 is 14.3 Å². The summed E-state index contributed by atoms with van der Waals surface area (Å²) in [4.78, 5) is 17.1. The van der Waals surface area contributed by atoms with Crippen molar-refractivity contribution in [2.45, 2.75) is 45.1 Å². The van der Waals surface area contributed by atoms with Crippen LogP contribution in [0.25, 0.3) is 6.08 Å². The fourth-order valence-corrected chi connectivity index (χ4v) is 4.30. The van der Waals surface area contributed by atoms with Gasteiger partial charge in [0.05, 0.1) is 18.7 Å². The van der Waals surface area contributed by atoms with Gasteiger partial charge in [-0.1, -0.05) is 31.4 Å². The van der Waals surface area contributed by atoms with Crippen molar-refractivity contribution in [2.24, 2.45) is 0 Å². The second-order valence-corrected chi connectivity index (χ2v) is 7.92. The van der Waals surface area contributed by atoms with Gasteiger partial charge in [-0.15, -0.1) is 0 Å². The molecule has 2 fully saturated rings. The van der Waals surface area contributed by atoms with Crippen molar-refractivity contribution in [1.82, 2.24) is 9.80 Å². The van der Waals surface area contributed by atoms with Crippen LogP contribution in [-0.2, 0) is 4.79 Å². The smallest absolute Gasteiger partial charge is 0.246 e. The van der Waals surface area contributed by atoms with E-state index in [1.807, 2.05) is 17.9 Å². The number of amides is 1. The highest BCUT2D eigenvalue weighted by molar-refractivity contribution is 6.32. The Labute approximate surface area is 173 Å². The summed E-state index contributed by atoms with van der Waals surface area (Å²) in [7, 11) is 1.59. The molecule has 0 N–H and O–H groups in total. The highest BCUT2D eigenvalue weighted by Crippen LogP contribution is 2.37. The van der Waals surface area contributed by atoms with Crippen LogP contribution in [0.5, 0.6) is 11.5 Å². The van der Waals surface area contributed by atoms with E-state index in [-0.39, 0.29) is 5.91 Å². The molecule has 1 aromatic rings. The molecule has 28 heavy (non-hydrogen) atoms. The number of methoxy groups -OCH3 is 1. The van der Waals surface area contributed by atoms with Gasteiger partial charge in [-0.05, 0) is 43.0 Å². The number of rotatable bonds is 7. The quantitative estimate of drug-likeness (QED) is 0.635. The number of nitrogens with zero attached hydrogens (tertiary/aromatic N) is 2. The first kappa shape index (κ1) is 21.0. The zero-order valence-corrected chi connectivity index (χ0v) is 17.7. The van der Waals surface area contributed by atoms with Crippen LogP contribution >= 0.6 is 11.6 Å². The van der Waals surface area contributed by atoms with Crippen LogP contribution in [0.15, 0.2) is 18.2 Å². The maximum Gasteiger partial charge on any atom is 0.246 e. The summed E-state index contributed by atoms with van der Waals surface area (Å²) < 4.78 is 11.1. The van der Waals surface area contributed by atoms with Gasteiger partial charge in [0.25, 0.3) is 0 Å². The molecule has 0 radical (unpaired) electrons. The van der Waals surface area contributed by atoms with Gasteiger partial charge >= 0.3 is 0 Å². The number of ether oxygens (including phenoxy) is 2. The van der Waals surface area contributed by atoms with Crippen molar-refractivity contribution in [1.29, 1.82) is 0 Å². The van der Waals surface area contributed by atoms with E-state index in [1.54, 1.807) is 25.3 Å². The van der Waals surface area contributed by atoms with Crippen LogP contribution < -0.4 is 9.47 Å². The third-order valence-corrected chi connectivity index (χ3v) is 5.87. The summed E-state index contributed by atoms with van der Waals surface area (Å²) in [5.74, 6) is 1.18. The number of halogens is 1. The standard InChI is InChI=1S/C22H31ClN2O3/c1-3-14-28-22-19(23)15-17(16-20(22)27-2)8-9-21(26)25-12-10-24(11-13-25)18-6-4-5-7-18/h8-9,15-16,18H,3-7,10-14H2,1-2H3/b9-8+. The topological polar surface area (TPSA) is 42.0 Å². The molecule has 2 aliphatic rings. The second-order valence-electron chi connectivity index (χ2n) is 7.52. The lowest BCUT2D eigenvalue weighted by molar-refractivity contribution is -0.127. The lowest BCUT2D eigenvalue weighted by Gasteiger charge is -2.37. The minimum atomic E-state index is 0.0486. The molecule has 0 aromatic heterocycles. The minimum Gasteiger partial charge on any atom is -0.493 e. The molecular formula is C22H31ClN2O3. The summed E-state index contributed by atoms with van der Waals surface area (Å²) >= 11 is 6.35. The average Bonchev–Trinajstić information content (AvgIpc) is 3.26. The van der Waals surface area contributed by atoms with Crippen molar-refractivity contribution >= 4 is 23.6 Å². The molecule has 5 nitrogen and oxygen atoms in total. The predicted octanol–water partition coefficient (Wildman–Crippen LogP) is 4.24. The fraction of sp³-hybridized carbons (Fsp3) is 0.591. The van der Waals surface area contributed by atoms with Crippen LogP contribution in [0.4, 0.5) is 0 Å². The first-order valence-electron chi connectivity index (χ1n) is 10.3. The number of hydrogen-bond donors (Lipinski definition) is 0. The van der Waals surface area contributed by atoms with Crippen molar-refractivity contribution in [3.63, 3.8) is 0 Å². The Kier molecular flexibility index (Phi) is 7.63. The summed E-state index contributed by atoms with van der Waals surface area (Å²) in [6, 6.07) is 4.38. The van der Waals surface area contributed by atoms with Gasteiger partial charge in [0.15, 0.2) is 11.5 Å². The number of carbonyl (C=O) groups is 1. The zero-order valence-electron chi connectivity index (χ0n) is 17.0. The molecular weight excluding hydrogens is 376 g/mol. The van der Waals surface area contributed by atoms with E-state index in [9.17, 15) is 4.79 Å². The number of carbonyl (C=O) groups excluding carboxylic acids is 1. The van der Waals surface area contributed by atoms with Crippen molar-refractivity contribution in [3.8, 4) is 11.5 Å². The zero-order chi connectivity index (χ0) is 19.9. The van der Waals surface area contributed by atoms with Crippen LogP contribution in [0.3, 0.4) is 0 Å². The first-order valence-corrected chi connectivity index (χ1v) is 10.7. The Balaban J connectivity index is 1.58. The monoisotopic (exact) mass is 406 g/mol. The highest BCUT2D eigenvalue weighted by Gasteiger charge is 2.27. The van der Waals surface area contributed by atoms with Gasteiger partial charge in [-0.25, -0.2) is 0 Å². The van der Waals surface area contributed by atoms with Crippen LogP contribution in [0, 0.1) is 0 Å². The van der Waals surface area contributed by atoms with E-state index in [1.165, 1.54) is 25.7 Å². The summed E-state index contributed by atoms with van der Waals surface area (Å²) in [5, 5.41) is 0.491. The largest absolute Gasteiger partial charge is 0.493 e. The number of benzene rings is 1. The van der Waals surface area contributed by atoms with Gasteiger partial charge in [0.1, 0.15) is 0 Å². The first-order chi connectivity index (χ1) is 13.6. The van der Waals surface area contributed by atoms with Crippen LogP contribution in [0.2, 0.25) is 5.02 Å². The summed E-state index contributed by atoms with van der Waals surface area (Å²) in [6.45, 7) is 6.18. The number of piperazine rings is 1. The molecule has 1 saturated carbocycles. The lowest BCUT2D eigenvalue weighted by Crippen LogP contribution is -2.51. The predicted molar refractivity (Wildman–Crippen MR) is 113 cm³/mol. The highest BCUT2D eigenvalue weighted by atomic mass is 35.5. The van der Waals surface area contributed by atoms with Gasteiger partial charge in [-0.3, -0.25) is 9.69 Å². The molecule has 1 aliphatic heterocycles. The molecule has 0 spiro atoms. The average molecular weight is 407 g/mol. The molecule has 1 heterocycles. The molecule has 0 unspecified atom stereocenters. The van der Waals surface area contributed by atoms with E-state index in [2.05, 4.69) is 4.90 Å². The molecule has 0 atom stereocenters. The third kappa shape index (κ3) is 5.21. The van der Waals surface area contributed by atoms with Gasteiger partial charge in [0, 0.05) is 38.3 Å². The lowest BCUT2D eigenvalue weighted by atomic mass is 10.1. The van der Waals surface area contributed by atoms with Crippen molar-refractivity contribution in [3.05, 3.63) is 28.8 Å². The fourth-order valence-electron chi connectivity index (χ4n) is 4.03. The maximum absolute atomic E-state index is 12.6. The van der Waals surface area contributed by atoms with Gasteiger partial charge in [-0.2, -0.15) is 0 Å². The molecule has 0 bridgehead atoms. The summed E-state index contributed by atoms with van der Waals surface area (Å²) in [6.07, 6.45) is 9.64. The van der Waals surface area contributed by atoms with E-state index in [4.69, 9.17) is 21.1 Å². The van der Waals surface area contributed by atoms with Crippen LogP contribution in [-0.4, -0.2) is 61.6 Å². The van der Waals surface area contributed by atoms with E-state index in [0.29, 0.717) is 23.1 Å². The Hall–Kier alpha value is -1.72.